The van der Waals surface area contributed by atoms with Crippen molar-refractivity contribution in [2.75, 3.05) is 5.75 Å². The standard InChI is InChI=1S/C12H18O2S/c1-12(2,14)7-8-15-11-5-3-10(9-13)4-6-11/h3-6,13-14H,7-9H2,1-2H3. The first-order chi connectivity index (χ1) is 7.01. The molecule has 0 aliphatic heterocycles. The van der Waals surface area contributed by atoms with Crippen LogP contribution in [0.3, 0.4) is 0 Å². The van der Waals surface area contributed by atoms with E-state index in [-0.39, 0.29) is 6.61 Å². The highest BCUT2D eigenvalue weighted by Gasteiger charge is 2.11. The van der Waals surface area contributed by atoms with Crippen LogP contribution in [0, 0.1) is 0 Å². The van der Waals surface area contributed by atoms with Crippen LogP contribution in [0.2, 0.25) is 0 Å². The normalized spacial score (nSPS) is 11.7. The van der Waals surface area contributed by atoms with Gasteiger partial charge in [0, 0.05) is 10.6 Å². The van der Waals surface area contributed by atoms with E-state index < -0.39 is 5.60 Å². The zero-order valence-corrected chi connectivity index (χ0v) is 10.0. The molecule has 2 N–H and O–H groups in total. The Labute approximate surface area is 95.3 Å². The van der Waals surface area contributed by atoms with Crippen LogP contribution in [0.25, 0.3) is 0 Å². The molecule has 0 saturated heterocycles. The topological polar surface area (TPSA) is 40.5 Å². The molecule has 0 fully saturated rings. The average Bonchev–Trinajstić information content (AvgIpc) is 2.17. The summed E-state index contributed by atoms with van der Waals surface area (Å²) in [6.07, 6.45) is 0.777. The van der Waals surface area contributed by atoms with Gasteiger partial charge in [-0.05, 0) is 38.0 Å². The van der Waals surface area contributed by atoms with Gasteiger partial charge in [0.1, 0.15) is 0 Å². The predicted octanol–water partition coefficient (Wildman–Crippen LogP) is 2.43. The van der Waals surface area contributed by atoms with Gasteiger partial charge in [-0.2, -0.15) is 0 Å². The van der Waals surface area contributed by atoms with Crippen LogP contribution in [-0.2, 0) is 6.61 Å². The van der Waals surface area contributed by atoms with E-state index >= 15 is 0 Å². The zero-order chi connectivity index (χ0) is 11.3. The number of aliphatic hydroxyl groups is 2. The Kier molecular flexibility index (Phi) is 4.64. The summed E-state index contributed by atoms with van der Waals surface area (Å²) < 4.78 is 0. The summed E-state index contributed by atoms with van der Waals surface area (Å²) in [7, 11) is 0. The molecule has 1 aromatic carbocycles. The van der Waals surface area contributed by atoms with Gasteiger partial charge in [0.2, 0.25) is 0 Å². The molecular formula is C12H18O2S. The van der Waals surface area contributed by atoms with Gasteiger partial charge in [0.15, 0.2) is 0 Å². The van der Waals surface area contributed by atoms with Gasteiger partial charge >= 0.3 is 0 Å². The molecule has 0 atom stereocenters. The fraction of sp³-hybridized carbons (Fsp3) is 0.500. The minimum atomic E-state index is -0.585. The maximum absolute atomic E-state index is 9.53. The second-order valence-electron chi connectivity index (χ2n) is 4.21. The van der Waals surface area contributed by atoms with Crippen molar-refractivity contribution in [2.45, 2.75) is 37.4 Å². The summed E-state index contributed by atoms with van der Waals surface area (Å²) in [6, 6.07) is 7.85. The van der Waals surface area contributed by atoms with Crippen molar-refractivity contribution in [1.29, 1.82) is 0 Å². The summed E-state index contributed by atoms with van der Waals surface area (Å²) in [5.74, 6) is 0.905. The van der Waals surface area contributed by atoms with Crippen LogP contribution < -0.4 is 0 Å². The number of aliphatic hydroxyl groups excluding tert-OH is 1. The number of hydrogen-bond acceptors (Lipinski definition) is 3. The molecular weight excluding hydrogens is 208 g/mol. The van der Waals surface area contributed by atoms with Crippen LogP contribution in [-0.4, -0.2) is 21.6 Å². The molecule has 0 unspecified atom stereocenters. The second-order valence-corrected chi connectivity index (χ2v) is 5.38. The number of thioether (sulfide) groups is 1. The molecule has 0 radical (unpaired) electrons. The third kappa shape index (κ3) is 5.21. The molecule has 84 valence electrons. The van der Waals surface area contributed by atoms with E-state index in [0.717, 1.165) is 17.7 Å². The van der Waals surface area contributed by atoms with E-state index in [1.807, 2.05) is 38.1 Å². The molecule has 0 bridgehead atoms. The Morgan fingerprint density at radius 1 is 1.20 bits per heavy atom. The highest BCUT2D eigenvalue weighted by molar-refractivity contribution is 7.99. The van der Waals surface area contributed by atoms with Gasteiger partial charge in [-0.25, -0.2) is 0 Å². The summed E-state index contributed by atoms with van der Waals surface area (Å²) >= 11 is 1.72. The van der Waals surface area contributed by atoms with Crippen molar-refractivity contribution < 1.29 is 10.2 Å². The summed E-state index contributed by atoms with van der Waals surface area (Å²) in [6.45, 7) is 3.74. The molecule has 15 heavy (non-hydrogen) atoms. The molecule has 0 aliphatic carbocycles. The second kappa shape index (κ2) is 5.54. The molecule has 3 heteroatoms. The molecule has 1 rings (SSSR count). The van der Waals surface area contributed by atoms with Gasteiger partial charge in [-0.3, -0.25) is 0 Å². The molecule has 0 saturated carbocycles. The van der Waals surface area contributed by atoms with Crippen molar-refractivity contribution in [1.82, 2.24) is 0 Å². The van der Waals surface area contributed by atoms with Crippen LogP contribution in [0.4, 0.5) is 0 Å². The number of hydrogen-bond donors (Lipinski definition) is 2. The highest BCUT2D eigenvalue weighted by Crippen LogP contribution is 2.22. The smallest absolute Gasteiger partial charge is 0.0681 e. The van der Waals surface area contributed by atoms with Crippen LogP contribution in [0.5, 0.6) is 0 Å². The van der Waals surface area contributed by atoms with Gasteiger partial charge in [-0.1, -0.05) is 12.1 Å². The van der Waals surface area contributed by atoms with Gasteiger partial charge in [-0.15, -0.1) is 11.8 Å². The first kappa shape index (κ1) is 12.6. The van der Waals surface area contributed by atoms with Crippen molar-refractivity contribution in [3.63, 3.8) is 0 Å². The van der Waals surface area contributed by atoms with E-state index in [9.17, 15) is 5.11 Å². The number of rotatable bonds is 5. The molecule has 0 spiro atoms. The monoisotopic (exact) mass is 226 g/mol. The summed E-state index contributed by atoms with van der Waals surface area (Å²) in [5, 5.41) is 18.4. The molecule has 0 amide bonds. The lowest BCUT2D eigenvalue weighted by atomic mass is 10.1. The largest absolute Gasteiger partial charge is 0.392 e. The third-order valence-electron chi connectivity index (χ3n) is 2.09. The van der Waals surface area contributed by atoms with E-state index in [2.05, 4.69) is 0 Å². The molecule has 2 nitrogen and oxygen atoms in total. The maximum Gasteiger partial charge on any atom is 0.0681 e. The minimum absolute atomic E-state index is 0.0919. The Morgan fingerprint density at radius 3 is 2.27 bits per heavy atom. The molecule has 1 aromatic rings. The molecule has 0 aromatic heterocycles. The van der Waals surface area contributed by atoms with Crippen molar-refractivity contribution in [2.24, 2.45) is 0 Å². The lowest BCUT2D eigenvalue weighted by Crippen LogP contribution is -2.18. The lowest BCUT2D eigenvalue weighted by molar-refractivity contribution is 0.0778. The highest BCUT2D eigenvalue weighted by atomic mass is 32.2. The molecule has 0 heterocycles. The van der Waals surface area contributed by atoms with Gasteiger partial charge in [0.25, 0.3) is 0 Å². The van der Waals surface area contributed by atoms with Crippen molar-refractivity contribution in [3.8, 4) is 0 Å². The first-order valence-corrected chi connectivity index (χ1v) is 6.05. The Morgan fingerprint density at radius 2 is 1.80 bits per heavy atom. The van der Waals surface area contributed by atoms with Gasteiger partial charge < -0.3 is 10.2 Å². The van der Waals surface area contributed by atoms with Crippen molar-refractivity contribution >= 4 is 11.8 Å². The van der Waals surface area contributed by atoms with E-state index in [0.29, 0.717) is 0 Å². The van der Waals surface area contributed by atoms with Gasteiger partial charge in [0.05, 0.1) is 12.2 Å². The summed E-state index contributed by atoms with van der Waals surface area (Å²) in [5.41, 5.74) is 0.347. The average molecular weight is 226 g/mol. The third-order valence-corrected chi connectivity index (χ3v) is 3.10. The Hall–Kier alpha value is -0.510. The fourth-order valence-corrected chi connectivity index (χ4v) is 2.28. The summed E-state index contributed by atoms with van der Waals surface area (Å²) in [4.78, 5) is 1.18. The number of benzene rings is 1. The Balaban J connectivity index is 2.38. The van der Waals surface area contributed by atoms with Crippen LogP contribution in [0.1, 0.15) is 25.8 Å². The van der Waals surface area contributed by atoms with Crippen LogP contribution in [0.15, 0.2) is 29.2 Å². The minimum Gasteiger partial charge on any atom is -0.392 e. The SMILES string of the molecule is CC(C)(O)CCSc1ccc(CO)cc1. The van der Waals surface area contributed by atoms with Crippen molar-refractivity contribution in [3.05, 3.63) is 29.8 Å². The fourth-order valence-electron chi connectivity index (χ4n) is 1.11. The Bertz CT molecular complexity index is 287. The van der Waals surface area contributed by atoms with E-state index in [1.165, 1.54) is 4.90 Å². The first-order valence-electron chi connectivity index (χ1n) is 5.06. The zero-order valence-electron chi connectivity index (χ0n) is 9.23. The predicted molar refractivity (Wildman–Crippen MR) is 64.0 cm³/mol. The maximum atomic E-state index is 9.53. The van der Waals surface area contributed by atoms with Crippen LogP contribution >= 0.6 is 11.8 Å². The van der Waals surface area contributed by atoms with E-state index in [4.69, 9.17) is 5.11 Å². The van der Waals surface area contributed by atoms with E-state index in [1.54, 1.807) is 11.8 Å². The molecule has 0 aliphatic rings. The lowest BCUT2D eigenvalue weighted by Gasteiger charge is -2.16. The quantitative estimate of drug-likeness (QED) is 0.758.